The van der Waals surface area contributed by atoms with Crippen LogP contribution >= 0.6 is 11.3 Å². The van der Waals surface area contributed by atoms with Gasteiger partial charge in [0.1, 0.15) is 11.4 Å². The van der Waals surface area contributed by atoms with Crippen LogP contribution in [-0.4, -0.2) is 55.9 Å². The standard InChI is InChI=1S/C36H34N4O4S2/c1-39(32(41)11-7-21-40-19-5-6-20-40)27-15-13-25(14-16-27)30-24-37-36-35(34(30)26-9-3-2-4-10-26)29-23-28(17-18-31(29)38-36)44-46(42,43)33-12-8-22-45-33/h2-4,8-10,12-18,22-24H,5-7,11,19-21H2,1H3,(H,37,38). The summed E-state index contributed by atoms with van der Waals surface area (Å²) in [6, 6.07) is 26.5. The van der Waals surface area contributed by atoms with E-state index in [9.17, 15) is 13.2 Å². The summed E-state index contributed by atoms with van der Waals surface area (Å²) in [6.45, 7) is 3.26. The Hall–Kier alpha value is -4.51. The van der Waals surface area contributed by atoms with Gasteiger partial charge >= 0.3 is 10.1 Å². The number of H-pyrrole nitrogens is 1. The molecule has 10 heteroatoms. The van der Waals surface area contributed by atoms with Gasteiger partial charge < -0.3 is 19.0 Å². The smallest absolute Gasteiger partial charge is 0.348 e. The lowest BCUT2D eigenvalue weighted by Crippen LogP contribution is -2.27. The fourth-order valence-corrected chi connectivity index (χ4v) is 8.09. The van der Waals surface area contributed by atoms with Crippen molar-refractivity contribution in [1.29, 1.82) is 0 Å². The monoisotopic (exact) mass is 650 g/mol. The predicted molar refractivity (Wildman–Crippen MR) is 185 cm³/mol. The Kier molecular flexibility index (Phi) is 8.33. The maximum Gasteiger partial charge on any atom is 0.348 e. The number of aromatic nitrogens is 2. The van der Waals surface area contributed by atoms with Crippen molar-refractivity contribution >= 4 is 55.0 Å². The molecule has 0 spiro atoms. The Morgan fingerprint density at radius 2 is 1.76 bits per heavy atom. The molecule has 0 saturated carbocycles. The molecule has 1 amide bonds. The highest BCUT2D eigenvalue weighted by molar-refractivity contribution is 7.89. The van der Waals surface area contributed by atoms with Crippen molar-refractivity contribution in [2.75, 3.05) is 31.6 Å². The van der Waals surface area contributed by atoms with Gasteiger partial charge in [0, 0.05) is 52.8 Å². The largest absolute Gasteiger partial charge is 0.378 e. The second-order valence-corrected chi connectivity index (χ2v) is 14.3. The molecule has 1 aliphatic rings. The Bertz CT molecular complexity index is 2100. The third-order valence-electron chi connectivity index (χ3n) is 8.61. The average Bonchev–Trinajstić information content (AvgIpc) is 3.87. The van der Waals surface area contributed by atoms with Gasteiger partial charge in [0.2, 0.25) is 5.91 Å². The maximum atomic E-state index is 13.0. The van der Waals surface area contributed by atoms with Crippen molar-refractivity contribution in [3.05, 3.63) is 96.5 Å². The second kappa shape index (κ2) is 12.7. The summed E-state index contributed by atoms with van der Waals surface area (Å²) < 4.78 is 31.5. The quantitative estimate of drug-likeness (QED) is 0.153. The van der Waals surface area contributed by atoms with Crippen LogP contribution in [0.25, 0.3) is 44.2 Å². The first kappa shape index (κ1) is 30.2. The van der Waals surface area contributed by atoms with Crippen LogP contribution in [0, 0.1) is 0 Å². The molecule has 46 heavy (non-hydrogen) atoms. The van der Waals surface area contributed by atoms with E-state index in [1.807, 2.05) is 61.8 Å². The van der Waals surface area contributed by atoms with Crippen LogP contribution in [0.3, 0.4) is 0 Å². The molecular weight excluding hydrogens is 617 g/mol. The van der Waals surface area contributed by atoms with Gasteiger partial charge in [-0.25, -0.2) is 4.98 Å². The molecule has 3 aromatic carbocycles. The van der Waals surface area contributed by atoms with Crippen molar-refractivity contribution in [1.82, 2.24) is 14.9 Å². The summed E-state index contributed by atoms with van der Waals surface area (Å²) in [7, 11) is -2.12. The van der Waals surface area contributed by atoms with Crippen LogP contribution < -0.4 is 9.08 Å². The van der Waals surface area contributed by atoms with Gasteiger partial charge in [-0.2, -0.15) is 8.42 Å². The molecule has 6 aromatic rings. The minimum atomic E-state index is -3.95. The molecule has 234 valence electrons. The van der Waals surface area contributed by atoms with E-state index >= 15 is 0 Å². The number of carbonyl (C=O) groups is 1. The Morgan fingerprint density at radius 1 is 0.978 bits per heavy atom. The van der Waals surface area contributed by atoms with Crippen molar-refractivity contribution in [2.24, 2.45) is 0 Å². The van der Waals surface area contributed by atoms with Crippen molar-refractivity contribution < 1.29 is 17.4 Å². The average molecular weight is 651 g/mol. The molecule has 0 unspecified atom stereocenters. The number of hydrogen-bond acceptors (Lipinski definition) is 7. The highest BCUT2D eigenvalue weighted by atomic mass is 32.3. The molecule has 0 bridgehead atoms. The fourth-order valence-electron chi connectivity index (χ4n) is 6.22. The molecule has 0 atom stereocenters. The van der Waals surface area contributed by atoms with Crippen LogP contribution in [0.5, 0.6) is 5.75 Å². The van der Waals surface area contributed by atoms with Crippen LogP contribution in [0.15, 0.2) is 101 Å². The molecule has 0 aliphatic carbocycles. The van der Waals surface area contributed by atoms with E-state index in [1.54, 1.807) is 28.5 Å². The van der Waals surface area contributed by atoms with E-state index in [1.165, 1.54) is 18.9 Å². The summed E-state index contributed by atoms with van der Waals surface area (Å²) in [5.74, 6) is 0.335. The maximum absolute atomic E-state index is 13.0. The first-order valence-electron chi connectivity index (χ1n) is 15.4. The van der Waals surface area contributed by atoms with E-state index in [0.717, 1.165) is 81.6 Å². The number of carbonyl (C=O) groups excluding carboxylic acids is 1. The molecule has 1 fully saturated rings. The number of nitrogens with one attached hydrogen (secondary N) is 1. The number of likely N-dealkylation sites (tertiary alicyclic amines) is 1. The summed E-state index contributed by atoms with van der Waals surface area (Å²) >= 11 is 1.12. The Balaban J connectivity index is 1.23. The SMILES string of the molecule is CN(C(=O)CCCN1CCCC1)c1ccc(-c2cnc3[nH]c4ccc(OS(=O)(=O)c5cccs5)cc4c3c2-c2ccccc2)cc1. The molecular formula is C36H34N4O4S2. The van der Waals surface area contributed by atoms with Crippen molar-refractivity contribution in [2.45, 2.75) is 29.9 Å². The van der Waals surface area contributed by atoms with Crippen molar-refractivity contribution in [3.8, 4) is 28.0 Å². The predicted octanol–water partition coefficient (Wildman–Crippen LogP) is 7.72. The minimum Gasteiger partial charge on any atom is -0.378 e. The zero-order valence-corrected chi connectivity index (χ0v) is 27.1. The normalized spacial score (nSPS) is 13.8. The number of pyridine rings is 1. The van der Waals surface area contributed by atoms with Crippen molar-refractivity contribution in [3.63, 3.8) is 0 Å². The van der Waals surface area contributed by atoms with E-state index in [0.29, 0.717) is 12.1 Å². The third kappa shape index (κ3) is 6.03. The van der Waals surface area contributed by atoms with E-state index in [-0.39, 0.29) is 15.9 Å². The van der Waals surface area contributed by atoms with E-state index in [4.69, 9.17) is 9.17 Å². The molecule has 1 saturated heterocycles. The number of rotatable bonds is 10. The van der Waals surface area contributed by atoms with Crippen LogP contribution in [0.1, 0.15) is 25.7 Å². The first-order valence-corrected chi connectivity index (χ1v) is 17.7. The zero-order chi connectivity index (χ0) is 31.7. The van der Waals surface area contributed by atoms with Gasteiger partial charge in [-0.05, 0) is 91.8 Å². The topological polar surface area (TPSA) is 95.6 Å². The number of aromatic amines is 1. The molecule has 1 N–H and O–H groups in total. The van der Waals surface area contributed by atoms with Crippen LogP contribution in [0.4, 0.5) is 5.69 Å². The number of thiophene rings is 1. The Morgan fingerprint density at radius 3 is 2.50 bits per heavy atom. The summed E-state index contributed by atoms with van der Waals surface area (Å²) in [4.78, 5) is 25.3. The summed E-state index contributed by atoms with van der Waals surface area (Å²) in [5, 5.41) is 3.38. The van der Waals surface area contributed by atoms with Crippen LogP contribution in [0.2, 0.25) is 0 Å². The van der Waals surface area contributed by atoms with Gasteiger partial charge in [0.15, 0.2) is 4.21 Å². The minimum absolute atomic E-state index is 0.109. The number of benzene rings is 3. The fraction of sp³-hybridized carbons (Fsp3) is 0.222. The third-order valence-corrected chi connectivity index (χ3v) is 11.2. The Labute approximate surface area is 272 Å². The lowest BCUT2D eigenvalue weighted by molar-refractivity contribution is -0.118. The highest BCUT2D eigenvalue weighted by Gasteiger charge is 2.21. The number of hydrogen-bond donors (Lipinski definition) is 1. The van der Waals surface area contributed by atoms with Gasteiger partial charge in [-0.15, -0.1) is 11.3 Å². The highest BCUT2D eigenvalue weighted by Crippen LogP contribution is 2.41. The van der Waals surface area contributed by atoms with Crippen LogP contribution in [-0.2, 0) is 14.9 Å². The molecule has 4 heterocycles. The number of amides is 1. The first-order chi connectivity index (χ1) is 22.4. The second-order valence-electron chi connectivity index (χ2n) is 11.6. The zero-order valence-electron chi connectivity index (χ0n) is 25.5. The lowest BCUT2D eigenvalue weighted by Gasteiger charge is -2.19. The molecule has 3 aromatic heterocycles. The molecule has 7 rings (SSSR count). The van der Waals surface area contributed by atoms with Gasteiger partial charge in [0.25, 0.3) is 0 Å². The molecule has 0 radical (unpaired) electrons. The van der Waals surface area contributed by atoms with Gasteiger partial charge in [-0.3, -0.25) is 4.79 Å². The number of nitrogens with zero attached hydrogens (tertiary/aromatic N) is 3. The van der Waals surface area contributed by atoms with E-state index < -0.39 is 10.1 Å². The van der Waals surface area contributed by atoms with Gasteiger partial charge in [-0.1, -0.05) is 48.5 Å². The number of fused-ring (bicyclic) bond motifs is 3. The summed E-state index contributed by atoms with van der Waals surface area (Å²) in [5.41, 5.74) is 6.18. The molecule has 8 nitrogen and oxygen atoms in total. The number of anilines is 1. The van der Waals surface area contributed by atoms with Gasteiger partial charge in [0.05, 0.1) is 0 Å². The molecule has 1 aliphatic heterocycles. The lowest BCUT2D eigenvalue weighted by atomic mass is 9.92. The summed E-state index contributed by atoms with van der Waals surface area (Å²) in [6.07, 6.45) is 5.76. The van der Waals surface area contributed by atoms with E-state index in [2.05, 4.69) is 22.0 Å².